The standard InChI is InChI=1S/C37H48F2N6O8/c1-3-4-5-6-13-31(46)41-26(19-23-17-24(38)20-25(39)18-23)32(47)42-27-21-53-37(52)30-12-9-16-45(30)34(49)22(2)40-33(48)28-10-7-14-43(28)36(51)29-11-8-15-44(29)35(27)50/h6,13,17-18,20,22,26-30H,3-5,7-12,14-16,19,21H2,1-2H3,(H,40,48)(H,41,46)(H,42,47)/b13-6+/t22-,26?,27-,28-,29-,30-/m0/s1. The van der Waals surface area contributed by atoms with Crippen molar-refractivity contribution < 1.29 is 47.1 Å². The van der Waals surface area contributed by atoms with Gasteiger partial charge >= 0.3 is 5.97 Å². The van der Waals surface area contributed by atoms with Crippen molar-refractivity contribution in [3.05, 3.63) is 47.5 Å². The van der Waals surface area contributed by atoms with Crippen LogP contribution in [0.4, 0.5) is 8.78 Å². The van der Waals surface area contributed by atoms with Gasteiger partial charge in [-0.1, -0.05) is 25.8 Å². The van der Waals surface area contributed by atoms with Crippen molar-refractivity contribution in [3.63, 3.8) is 0 Å². The van der Waals surface area contributed by atoms with Crippen molar-refractivity contribution >= 4 is 41.4 Å². The summed E-state index contributed by atoms with van der Waals surface area (Å²) >= 11 is 0. The first-order valence-corrected chi connectivity index (χ1v) is 18.5. The SMILES string of the molecule is CCCC/C=C/C(=O)NC(Cc1cc(F)cc(F)c1)C(=O)N[C@H]1COC(=O)[C@@H]2CCCN2C(=O)[C@H](C)NC(=O)[C@@H]2CCCN2C(=O)[C@@H]2CCCN2C1=O. The number of ether oxygens (including phenoxy) is 1. The highest BCUT2D eigenvalue weighted by Gasteiger charge is 2.45. The van der Waals surface area contributed by atoms with Crippen LogP contribution in [0.2, 0.25) is 0 Å². The van der Waals surface area contributed by atoms with Gasteiger partial charge in [0.2, 0.25) is 35.4 Å². The average Bonchev–Trinajstić information content (AvgIpc) is 3.91. The zero-order valence-electron chi connectivity index (χ0n) is 30.1. The fourth-order valence-electron chi connectivity index (χ4n) is 7.49. The molecule has 3 N–H and O–H groups in total. The summed E-state index contributed by atoms with van der Waals surface area (Å²) in [5.74, 6) is -6.34. The van der Waals surface area contributed by atoms with Gasteiger partial charge < -0.3 is 35.4 Å². The third-order valence-corrected chi connectivity index (χ3v) is 10.2. The molecule has 0 saturated carbocycles. The third-order valence-electron chi connectivity index (χ3n) is 10.2. The van der Waals surface area contributed by atoms with Crippen molar-refractivity contribution in [1.82, 2.24) is 30.7 Å². The molecule has 4 aliphatic rings. The Bertz CT molecular complexity index is 1600. The van der Waals surface area contributed by atoms with Crippen LogP contribution in [0.25, 0.3) is 0 Å². The number of hydrogen-bond donors (Lipinski definition) is 3. The molecule has 53 heavy (non-hydrogen) atoms. The number of carbonyl (C=O) groups excluding carboxylic acids is 7. The van der Waals surface area contributed by atoms with Crippen LogP contribution in [0.1, 0.15) is 77.2 Å². The minimum absolute atomic E-state index is 0.0586. The molecule has 0 bridgehead atoms. The number of nitrogens with one attached hydrogen (secondary N) is 3. The Balaban J connectivity index is 1.45. The van der Waals surface area contributed by atoms with Gasteiger partial charge in [-0.2, -0.15) is 0 Å². The van der Waals surface area contributed by atoms with E-state index in [0.717, 1.165) is 25.0 Å². The quantitative estimate of drug-likeness (QED) is 0.193. The van der Waals surface area contributed by atoms with Gasteiger partial charge in [-0.05, 0) is 75.6 Å². The van der Waals surface area contributed by atoms with E-state index in [2.05, 4.69) is 16.0 Å². The number of nitrogens with zero attached hydrogens (tertiary/aromatic N) is 3. The number of hydrogen-bond acceptors (Lipinski definition) is 8. The molecule has 4 aliphatic heterocycles. The lowest BCUT2D eigenvalue weighted by Gasteiger charge is -2.34. The van der Waals surface area contributed by atoms with E-state index in [1.165, 1.54) is 27.7 Å². The number of esters is 1. The minimum Gasteiger partial charge on any atom is -0.461 e. The molecule has 288 valence electrons. The summed E-state index contributed by atoms with van der Waals surface area (Å²) in [6.07, 6.45) is 7.28. The second kappa shape index (κ2) is 17.8. The summed E-state index contributed by atoms with van der Waals surface area (Å²) in [7, 11) is 0. The van der Waals surface area contributed by atoms with E-state index < -0.39 is 95.9 Å². The van der Waals surface area contributed by atoms with Crippen LogP contribution < -0.4 is 16.0 Å². The molecule has 1 aromatic carbocycles. The van der Waals surface area contributed by atoms with Crippen LogP contribution in [0.15, 0.2) is 30.4 Å². The zero-order chi connectivity index (χ0) is 38.2. The fraction of sp³-hybridized carbons (Fsp3) is 0.595. The summed E-state index contributed by atoms with van der Waals surface area (Å²) in [4.78, 5) is 99.5. The van der Waals surface area contributed by atoms with Crippen molar-refractivity contribution in [2.75, 3.05) is 26.2 Å². The van der Waals surface area contributed by atoms with Crippen LogP contribution in [0, 0.1) is 11.6 Å². The van der Waals surface area contributed by atoms with E-state index in [-0.39, 0.29) is 44.5 Å². The Morgan fingerprint density at radius 2 is 1.49 bits per heavy atom. The summed E-state index contributed by atoms with van der Waals surface area (Å²) in [6.45, 7) is 3.50. The predicted molar refractivity (Wildman–Crippen MR) is 185 cm³/mol. The molecule has 0 radical (unpaired) electrons. The van der Waals surface area contributed by atoms with Gasteiger partial charge in [0.25, 0.3) is 0 Å². The maximum absolute atomic E-state index is 14.3. The van der Waals surface area contributed by atoms with E-state index in [9.17, 15) is 42.3 Å². The van der Waals surface area contributed by atoms with Crippen LogP contribution >= 0.6 is 0 Å². The van der Waals surface area contributed by atoms with Gasteiger partial charge in [0.1, 0.15) is 54.5 Å². The number of fused-ring (bicyclic) bond motifs is 3. The molecule has 1 aromatic rings. The topological polar surface area (TPSA) is 175 Å². The van der Waals surface area contributed by atoms with Gasteiger partial charge in [-0.3, -0.25) is 28.8 Å². The number of carbonyl (C=O) groups is 7. The lowest BCUT2D eigenvalue weighted by molar-refractivity contribution is -0.158. The number of amides is 6. The molecule has 4 heterocycles. The van der Waals surface area contributed by atoms with E-state index >= 15 is 0 Å². The molecule has 4 fully saturated rings. The Morgan fingerprint density at radius 1 is 0.887 bits per heavy atom. The first-order chi connectivity index (χ1) is 25.4. The first kappa shape index (κ1) is 39.3. The zero-order valence-corrected chi connectivity index (χ0v) is 30.1. The Hall–Kier alpha value is -4.89. The molecular formula is C37H48F2N6O8. The van der Waals surface area contributed by atoms with Crippen molar-refractivity contribution in [2.24, 2.45) is 0 Å². The van der Waals surface area contributed by atoms with Crippen molar-refractivity contribution in [3.8, 4) is 0 Å². The predicted octanol–water partition coefficient (Wildman–Crippen LogP) is 1.26. The van der Waals surface area contributed by atoms with E-state index in [0.29, 0.717) is 38.2 Å². The number of benzene rings is 1. The molecule has 6 atom stereocenters. The van der Waals surface area contributed by atoms with Crippen LogP contribution in [-0.2, 0) is 44.7 Å². The number of allylic oxidation sites excluding steroid dienone is 1. The lowest BCUT2D eigenvalue weighted by Crippen LogP contribution is -2.60. The highest BCUT2D eigenvalue weighted by molar-refractivity contribution is 5.98. The molecule has 0 aromatic heterocycles. The molecule has 6 amide bonds. The highest BCUT2D eigenvalue weighted by atomic mass is 19.1. The number of rotatable bonds is 9. The van der Waals surface area contributed by atoms with Gasteiger partial charge in [-0.15, -0.1) is 0 Å². The molecule has 4 saturated heterocycles. The Labute approximate surface area is 307 Å². The maximum atomic E-state index is 14.3. The lowest BCUT2D eigenvalue weighted by atomic mass is 10.0. The second-order valence-corrected chi connectivity index (χ2v) is 14.1. The summed E-state index contributed by atoms with van der Waals surface area (Å²) in [6, 6.07) is -4.07. The van der Waals surface area contributed by atoms with E-state index in [4.69, 9.17) is 4.74 Å². The third kappa shape index (κ3) is 9.57. The van der Waals surface area contributed by atoms with E-state index in [1.54, 1.807) is 6.08 Å². The first-order valence-electron chi connectivity index (χ1n) is 18.5. The normalized spacial score (nSPS) is 26.2. The van der Waals surface area contributed by atoms with Gasteiger partial charge in [0.05, 0.1) is 0 Å². The molecular weight excluding hydrogens is 694 g/mol. The smallest absolute Gasteiger partial charge is 0.328 e. The number of cyclic esters (lactones) is 1. The van der Waals surface area contributed by atoms with Crippen LogP contribution in [-0.4, -0.2) is 119 Å². The van der Waals surface area contributed by atoms with Gasteiger partial charge in [0.15, 0.2) is 0 Å². The highest BCUT2D eigenvalue weighted by Crippen LogP contribution is 2.27. The van der Waals surface area contributed by atoms with Gasteiger partial charge in [-0.25, -0.2) is 13.6 Å². The van der Waals surface area contributed by atoms with Crippen LogP contribution in [0.3, 0.4) is 0 Å². The molecule has 0 spiro atoms. The Morgan fingerprint density at radius 3 is 2.15 bits per heavy atom. The monoisotopic (exact) mass is 742 g/mol. The van der Waals surface area contributed by atoms with Gasteiger partial charge in [0, 0.05) is 32.1 Å². The molecule has 16 heteroatoms. The second-order valence-electron chi connectivity index (χ2n) is 14.1. The average molecular weight is 743 g/mol. The largest absolute Gasteiger partial charge is 0.461 e. The van der Waals surface area contributed by atoms with Crippen molar-refractivity contribution in [2.45, 2.75) is 114 Å². The fourth-order valence-corrected chi connectivity index (χ4v) is 7.49. The minimum atomic E-state index is -1.54. The summed E-state index contributed by atoms with van der Waals surface area (Å²) in [5.41, 5.74) is 0.0586. The molecule has 1 unspecified atom stereocenters. The molecule has 14 nitrogen and oxygen atoms in total. The summed E-state index contributed by atoms with van der Waals surface area (Å²) < 4.78 is 33.9. The summed E-state index contributed by atoms with van der Waals surface area (Å²) in [5, 5.41) is 7.84. The molecule has 5 rings (SSSR count). The number of halogens is 2. The Kier molecular flexibility index (Phi) is 13.2. The van der Waals surface area contributed by atoms with E-state index in [1.807, 2.05) is 6.92 Å². The molecule has 0 aliphatic carbocycles. The van der Waals surface area contributed by atoms with Crippen LogP contribution in [0.5, 0.6) is 0 Å². The number of unbranched alkanes of at least 4 members (excludes halogenated alkanes) is 2. The maximum Gasteiger partial charge on any atom is 0.328 e. The van der Waals surface area contributed by atoms with Crippen molar-refractivity contribution in [1.29, 1.82) is 0 Å².